The molecule has 0 unspecified atom stereocenters. The van der Waals surface area contributed by atoms with Gasteiger partial charge in [-0.2, -0.15) is 0 Å². The van der Waals surface area contributed by atoms with E-state index in [2.05, 4.69) is 10.3 Å². The van der Waals surface area contributed by atoms with Crippen molar-refractivity contribution >= 4 is 17.4 Å². The van der Waals surface area contributed by atoms with Gasteiger partial charge in [0.05, 0.1) is 18.4 Å². The Balaban J connectivity index is 2.41. The Labute approximate surface area is 123 Å². The highest BCUT2D eigenvalue weighted by atomic mass is 16.5. The van der Waals surface area contributed by atoms with E-state index in [9.17, 15) is 9.59 Å². The molecule has 0 saturated carbocycles. The molecule has 0 aliphatic carbocycles. The van der Waals surface area contributed by atoms with Gasteiger partial charge in [-0.25, -0.2) is 4.98 Å². The summed E-state index contributed by atoms with van der Waals surface area (Å²) in [6.45, 7) is 3.11. The molecule has 108 valence electrons. The van der Waals surface area contributed by atoms with E-state index in [-0.39, 0.29) is 17.0 Å². The predicted octanol–water partition coefficient (Wildman–Crippen LogP) is 2.85. The molecule has 21 heavy (non-hydrogen) atoms. The lowest BCUT2D eigenvalue weighted by atomic mass is 10.1. The van der Waals surface area contributed by atoms with E-state index in [4.69, 9.17) is 4.74 Å². The highest BCUT2D eigenvalue weighted by Crippen LogP contribution is 2.21. The molecular formula is C16H16N2O3. The molecule has 0 bridgehead atoms. The fourth-order valence-corrected chi connectivity index (χ4v) is 1.95. The summed E-state index contributed by atoms with van der Waals surface area (Å²) >= 11 is 0. The minimum atomic E-state index is -0.391. The average molecular weight is 284 g/mol. The van der Waals surface area contributed by atoms with Crippen molar-refractivity contribution < 1.29 is 14.3 Å². The number of methoxy groups -OCH3 is 1. The van der Waals surface area contributed by atoms with Gasteiger partial charge >= 0.3 is 0 Å². The van der Waals surface area contributed by atoms with Crippen molar-refractivity contribution in [2.75, 3.05) is 12.4 Å². The second-order valence-corrected chi connectivity index (χ2v) is 4.55. The van der Waals surface area contributed by atoms with Crippen molar-refractivity contribution in [1.82, 2.24) is 4.98 Å². The second kappa shape index (κ2) is 6.17. The first-order valence-corrected chi connectivity index (χ1v) is 6.46. The van der Waals surface area contributed by atoms with Crippen molar-refractivity contribution in [2.24, 2.45) is 0 Å². The number of rotatable bonds is 4. The van der Waals surface area contributed by atoms with E-state index in [1.165, 1.54) is 20.1 Å². The molecule has 1 aromatic heterocycles. The number of ketones is 1. The number of hydrogen-bond acceptors (Lipinski definition) is 4. The third-order valence-electron chi connectivity index (χ3n) is 3.00. The summed E-state index contributed by atoms with van der Waals surface area (Å²) in [5, 5.41) is 2.74. The molecule has 0 fully saturated rings. The monoisotopic (exact) mass is 284 g/mol. The van der Waals surface area contributed by atoms with Gasteiger partial charge < -0.3 is 10.1 Å². The number of aromatic nitrogens is 1. The lowest BCUT2D eigenvalue weighted by molar-refractivity contribution is 0.0980. The summed E-state index contributed by atoms with van der Waals surface area (Å²) < 4.78 is 5.17. The largest absolute Gasteiger partial charge is 0.495 e. The topological polar surface area (TPSA) is 68.3 Å². The van der Waals surface area contributed by atoms with E-state index in [0.717, 1.165) is 0 Å². The van der Waals surface area contributed by atoms with Crippen molar-refractivity contribution in [3.8, 4) is 5.75 Å². The molecule has 1 heterocycles. The van der Waals surface area contributed by atoms with Gasteiger partial charge in [-0.3, -0.25) is 9.59 Å². The van der Waals surface area contributed by atoms with Crippen LogP contribution in [0.5, 0.6) is 5.75 Å². The summed E-state index contributed by atoms with van der Waals surface area (Å²) in [6.07, 6.45) is 0. The summed E-state index contributed by atoms with van der Waals surface area (Å²) in [5.41, 5.74) is 1.56. The quantitative estimate of drug-likeness (QED) is 0.877. The Kier molecular flexibility index (Phi) is 4.33. The average Bonchev–Trinajstić information content (AvgIpc) is 2.47. The molecule has 1 aromatic carbocycles. The number of anilines is 1. The summed E-state index contributed by atoms with van der Waals surface area (Å²) in [5.74, 6) is -0.186. The van der Waals surface area contributed by atoms with Gasteiger partial charge in [-0.15, -0.1) is 0 Å². The van der Waals surface area contributed by atoms with Gasteiger partial charge in [-0.05, 0) is 25.1 Å². The molecular weight excluding hydrogens is 268 g/mol. The number of amides is 1. The van der Waals surface area contributed by atoms with Gasteiger partial charge in [0.25, 0.3) is 5.91 Å². The summed E-state index contributed by atoms with van der Waals surface area (Å²) in [4.78, 5) is 28.2. The molecule has 0 radical (unpaired) electrons. The van der Waals surface area contributed by atoms with Crippen molar-refractivity contribution in [1.29, 1.82) is 0 Å². The van der Waals surface area contributed by atoms with E-state index in [0.29, 0.717) is 17.1 Å². The maximum absolute atomic E-state index is 12.4. The minimum absolute atomic E-state index is 0.140. The number of aryl methyl sites for hydroxylation is 1. The maximum atomic E-state index is 12.4. The molecule has 2 aromatic rings. The number of nitrogens with zero attached hydrogens (tertiary/aromatic N) is 1. The number of para-hydroxylation sites is 1. The van der Waals surface area contributed by atoms with Crippen LogP contribution in [0.3, 0.4) is 0 Å². The Hall–Kier alpha value is -2.69. The van der Waals surface area contributed by atoms with Crippen molar-refractivity contribution in [3.63, 3.8) is 0 Å². The van der Waals surface area contributed by atoms with Crippen LogP contribution in [0.25, 0.3) is 0 Å². The van der Waals surface area contributed by atoms with Crippen LogP contribution < -0.4 is 10.1 Å². The van der Waals surface area contributed by atoms with Gasteiger partial charge in [0.15, 0.2) is 5.78 Å². The normalized spacial score (nSPS) is 10.0. The fourth-order valence-electron chi connectivity index (χ4n) is 1.95. The first-order chi connectivity index (χ1) is 10.0. The molecule has 2 rings (SSSR count). The van der Waals surface area contributed by atoms with E-state index >= 15 is 0 Å². The lowest BCUT2D eigenvalue weighted by Gasteiger charge is -2.11. The maximum Gasteiger partial charge on any atom is 0.258 e. The third-order valence-corrected chi connectivity index (χ3v) is 3.00. The van der Waals surface area contributed by atoms with Crippen LogP contribution in [0.15, 0.2) is 36.4 Å². The molecule has 0 spiro atoms. The first kappa shape index (κ1) is 14.7. The number of carbonyl (C=O) groups is 2. The number of ether oxygens (including phenoxy) is 1. The molecule has 0 aliphatic heterocycles. The van der Waals surface area contributed by atoms with Crippen LogP contribution in [-0.2, 0) is 0 Å². The second-order valence-electron chi connectivity index (χ2n) is 4.55. The minimum Gasteiger partial charge on any atom is -0.495 e. The Morgan fingerprint density at radius 2 is 1.86 bits per heavy atom. The van der Waals surface area contributed by atoms with Crippen LogP contribution in [-0.4, -0.2) is 23.8 Å². The number of hydrogen-bond donors (Lipinski definition) is 1. The van der Waals surface area contributed by atoms with Crippen molar-refractivity contribution in [3.05, 3.63) is 53.3 Å². The SMILES string of the molecule is COc1cc(C(=O)Nc2ccccc2)c(C(C)=O)nc1C. The number of carbonyl (C=O) groups excluding carboxylic acids is 2. The van der Waals surface area contributed by atoms with Crippen LogP contribution in [0.1, 0.15) is 33.5 Å². The number of Topliss-reactive ketones (excluding diaryl/α,β-unsaturated/α-hetero) is 1. The lowest BCUT2D eigenvalue weighted by Crippen LogP contribution is -2.18. The first-order valence-electron chi connectivity index (χ1n) is 6.46. The number of pyridine rings is 1. The summed E-state index contributed by atoms with van der Waals surface area (Å²) in [7, 11) is 1.50. The van der Waals surface area contributed by atoms with Crippen molar-refractivity contribution in [2.45, 2.75) is 13.8 Å². The molecule has 5 nitrogen and oxygen atoms in total. The third kappa shape index (κ3) is 3.25. The smallest absolute Gasteiger partial charge is 0.258 e. The fraction of sp³-hybridized carbons (Fsp3) is 0.188. The number of benzene rings is 1. The molecule has 5 heteroatoms. The Bertz CT molecular complexity index is 681. The highest BCUT2D eigenvalue weighted by molar-refractivity contribution is 6.11. The van der Waals surface area contributed by atoms with Gasteiger partial charge in [0, 0.05) is 12.6 Å². The van der Waals surface area contributed by atoms with Crippen LogP contribution in [0.2, 0.25) is 0 Å². The van der Waals surface area contributed by atoms with Crippen LogP contribution >= 0.6 is 0 Å². The Morgan fingerprint density at radius 1 is 1.19 bits per heavy atom. The van der Waals surface area contributed by atoms with Crippen LogP contribution in [0, 0.1) is 6.92 Å². The Morgan fingerprint density at radius 3 is 2.43 bits per heavy atom. The molecule has 1 amide bonds. The van der Waals surface area contributed by atoms with E-state index in [1.807, 2.05) is 18.2 Å². The van der Waals surface area contributed by atoms with E-state index < -0.39 is 5.91 Å². The zero-order valence-corrected chi connectivity index (χ0v) is 12.1. The molecule has 0 atom stereocenters. The van der Waals surface area contributed by atoms with E-state index in [1.54, 1.807) is 19.1 Å². The van der Waals surface area contributed by atoms with Crippen LogP contribution in [0.4, 0.5) is 5.69 Å². The van der Waals surface area contributed by atoms with Gasteiger partial charge in [-0.1, -0.05) is 18.2 Å². The number of nitrogens with one attached hydrogen (secondary N) is 1. The zero-order chi connectivity index (χ0) is 15.4. The zero-order valence-electron chi connectivity index (χ0n) is 12.1. The molecule has 1 N–H and O–H groups in total. The standard InChI is InChI=1S/C16H16N2O3/c1-10-14(21-3)9-13(15(17-10)11(2)19)16(20)18-12-7-5-4-6-8-12/h4-9H,1-3H3,(H,18,20). The van der Waals surface area contributed by atoms with Gasteiger partial charge in [0.1, 0.15) is 11.4 Å². The predicted molar refractivity (Wildman–Crippen MR) is 79.9 cm³/mol. The molecule has 0 aliphatic rings. The molecule has 0 saturated heterocycles. The summed E-state index contributed by atoms with van der Waals surface area (Å²) in [6, 6.07) is 10.6. The van der Waals surface area contributed by atoms with Gasteiger partial charge in [0.2, 0.25) is 0 Å². The highest BCUT2D eigenvalue weighted by Gasteiger charge is 2.19.